The zero-order valence-electron chi connectivity index (χ0n) is 8.84. The van der Waals surface area contributed by atoms with Gasteiger partial charge >= 0.3 is 0 Å². The van der Waals surface area contributed by atoms with Crippen LogP contribution in [0.2, 0.25) is 0 Å². The summed E-state index contributed by atoms with van der Waals surface area (Å²) in [5, 5.41) is 8.85. The van der Waals surface area contributed by atoms with Gasteiger partial charge in [-0.25, -0.2) is 0 Å². The maximum atomic E-state index is 8.85. The van der Waals surface area contributed by atoms with E-state index in [1.54, 1.807) is 0 Å². The van der Waals surface area contributed by atoms with Crippen molar-refractivity contribution in [3.05, 3.63) is 0 Å². The van der Waals surface area contributed by atoms with Gasteiger partial charge in [0.25, 0.3) is 0 Å². The summed E-state index contributed by atoms with van der Waals surface area (Å²) in [5.74, 6) is 0. The minimum Gasteiger partial charge on any atom is -0.303 e. The molecule has 0 atom stereocenters. The number of nitrogens with zero attached hydrogens (tertiary/aromatic N) is 2. The molecule has 1 aliphatic heterocycles. The van der Waals surface area contributed by atoms with Crippen molar-refractivity contribution in [1.29, 1.82) is 5.26 Å². The summed E-state index contributed by atoms with van der Waals surface area (Å²) in [4.78, 5) is 2.49. The molecule has 0 bridgehead atoms. The van der Waals surface area contributed by atoms with Crippen LogP contribution in [0.15, 0.2) is 0 Å². The molecule has 0 aliphatic carbocycles. The van der Waals surface area contributed by atoms with Crippen LogP contribution >= 0.6 is 0 Å². The fourth-order valence-electron chi connectivity index (χ4n) is 1.68. The topological polar surface area (TPSA) is 27.0 Å². The molecule has 0 N–H and O–H groups in total. The standard InChI is InChI=1S/C11H20N2/c1-11(2,10-12)6-9-13-7-4-3-5-8-13/h3-9H2,1-2H3. The van der Waals surface area contributed by atoms with E-state index in [-0.39, 0.29) is 5.41 Å². The number of likely N-dealkylation sites (tertiary alicyclic amines) is 1. The molecule has 0 radical (unpaired) electrons. The Morgan fingerprint density at radius 1 is 1.23 bits per heavy atom. The van der Waals surface area contributed by atoms with Crippen molar-refractivity contribution in [2.45, 2.75) is 39.5 Å². The van der Waals surface area contributed by atoms with E-state index in [4.69, 9.17) is 5.26 Å². The SMILES string of the molecule is CC(C)(C#N)CCN1CCCCC1. The average molecular weight is 180 g/mol. The van der Waals surface area contributed by atoms with Gasteiger partial charge in [0.05, 0.1) is 11.5 Å². The predicted octanol–water partition coefficient (Wildman–Crippen LogP) is 2.41. The third-order valence-electron chi connectivity index (χ3n) is 2.80. The maximum absolute atomic E-state index is 8.85. The highest BCUT2D eigenvalue weighted by Gasteiger charge is 2.18. The van der Waals surface area contributed by atoms with Crippen LogP contribution in [0, 0.1) is 16.7 Å². The Bertz CT molecular complexity index is 185. The monoisotopic (exact) mass is 180 g/mol. The van der Waals surface area contributed by atoms with Crippen LogP contribution in [0.1, 0.15) is 39.5 Å². The number of hydrogen-bond donors (Lipinski definition) is 0. The van der Waals surface area contributed by atoms with Crippen molar-refractivity contribution in [1.82, 2.24) is 4.90 Å². The van der Waals surface area contributed by atoms with Gasteiger partial charge in [0.1, 0.15) is 0 Å². The molecule has 13 heavy (non-hydrogen) atoms. The van der Waals surface area contributed by atoms with Crippen LogP contribution < -0.4 is 0 Å². The van der Waals surface area contributed by atoms with Gasteiger partial charge in [0, 0.05) is 0 Å². The molecule has 1 heterocycles. The van der Waals surface area contributed by atoms with E-state index in [0.29, 0.717) is 0 Å². The summed E-state index contributed by atoms with van der Waals surface area (Å²) in [6.45, 7) is 7.62. The fraction of sp³-hybridized carbons (Fsp3) is 0.909. The highest BCUT2D eigenvalue weighted by Crippen LogP contribution is 2.20. The lowest BCUT2D eigenvalue weighted by molar-refractivity contribution is 0.206. The quantitative estimate of drug-likeness (QED) is 0.667. The number of piperidine rings is 1. The molecular formula is C11H20N2. The zero-order chi connectivity index (χ0) is 9.73. The second kappa shape index (κ2) is 4.62. The van der Waals surface area contributed by atoms with Crippen molar-refractivity contribution in [2.75, 3.05) is 19.6 Å². The molecular weight excluding hydrogens is 160 g/mol. The summed E-state index contributed by atoms with van der Waals surface area (Å²) < 4.78 is 0. The summed E-state index contributed by atoms with van der Waals surface area (Å²) in [6.07, 6.45) is 5.07. The van der Waals surface area contributed by atoms with Gasteiger partial charge < -0.3 is 4.90 Å². The lowest BCUT2D eigenvalue weighted by atomic mass is 9.91. The fourth-order valence-corrected chi connectivity index (χ4v) is 1.68. The van der Waals surface area contributed by atoms with Crippen LogP contribution in [0.25, 0.3) is 0 Å². The van der Waals surface area contributed by atoms with Crippen LogP contribution in [0.3, 0.4) is 0 Å². The van der Waals surface area contributed by atoms with E-state index >= 15 is 0 Å². The van der Waals surface area contributed by atoms with Crippen LogP contribution in [-0.4, -0.2) is 24.5 Å². The van der Waals surface area contributed by atoms with Crippen molar-refractivity contribution >= 4 is 0 Å². The van der Waals surface area contributed by atoms with Crippen LogP contribution in [0.4, 0.5) is 0 Å². The first-order valence-corrected chi connectivity index (χ1v) is 5.28. The molecule has 1 rings (SSSR count). The van der Waals surface area contributed by atoms with Crippen molar-refractivity contribution in [2.24, 2.45) is 5.41 Å². The minimum atomic E-state index is -0.141. The first-order valence-electron chi connectivity index (χ1n) is 5.28. The van der Waals surface area contributed by atoms with E-state index in [1.807, 2.05) is 13.8 Å². The Kier molecular flexibility index (Phi) is 3.74. The van der Waals surface area contributed by atoms with Gasteiger partial charge in [-0.05, 0) is 52.7 Å². The van der Waals surface area contributed by atoms with Gasteiger partial charge in [0.15, 0.2) is 0 Å². The largest absolute Gasteiger partial charge is 0.303 e. The lowest BCUT2D eigenvalue weighted by Crippen LogP contribution is -2.32. The highest BCUT2D eigenvalue weighted by atomic mass is 15.1. The van der Waals surface area contributed by atoms with E-state index in [1.165, 1.54) is 32.4 Å². The molecule has 2 nitrogen and oxygen atoms in total. The molecule has 0 saturated carbocycles. The maximum Gasteiger partial charge on any atom is 0.0684 e. The molecule has 1 saturated heterocycles. The molecule has 0 aromatic carbocycles. The first kappa shape index (κ1) is 10.5. The predicted molar refractivity (Wildman–Crippen MR) is 54.3 cm³/mol. The summed E-state index contributed by atoms with van der Waals surface area (Å²) in [5.41, 5.74) is -0.141. The molecule has 0 aromatic heterocycles. The van der Waals surface area contributed by atoms with E-state index in [0.717, 1.165) is 13.0 Å². The number of nitriles is 1. The van der Waals surface area contributed by atoms with E-state index < -0.39 is 0 Å². The molecule has 0 unspecified atom stereocenters. The molecule has 1 fully saturated rings. The Morgan fingerprint density at radius 3 is 2.38 bits per heavy atom. The van der Waals surface area contributed by atoms with Gasteiger partial charge in [-0.1, -0.05) is 6.42 Å². The Labute approximate surface area is 81.5 Å². The van der Waals surface area contributed by atoms with E-state index in [9.17, 15) is 0 Å². The molecule has 0 aromatic rings. The molecule has 1 aliphatic rings. The molecule has 74 valence electrons. The smallest absolute Gasteiger partial charge is 0.0684 e. The number of hydrogen-bond acceptors (Lipinski definition) is 2. The second-order valence-corrected chi connectivity index (χ2v) is 4.65. The molecule has 2 heteroatoms. The summed E-state index contributed by atoms with van der Waals surface area (Å²) in [7, 11) is 0. The van der Waals surface area contributed by atoms with Gasteiger partial charge in [0.2, 0.25) is 0 Å². The third kappa shape index (κ3) is 3.78. The summed E-state index contributed by atoms with van der Waals surface area (Å²) in [6, 6.07) is 2.35. The first-order chi connectivity index (χ1) is 6.14. The van der Waals surface area contributed by atoms with E-state index in [2.05, 4.69) is 11.0 Å². The highest BCUT2D eigenvalue weighted by molar-refractivity contribution is 4.92. The Balaban J connectivity index is 2.22. The van der Waals surface area contributed by atoms with Crippen LogP contribution in [-0.2, 0) is 0 Å². The Hall–Kier alpha value is -0.550. The lowest BCUT2D eigenvalue weighted by Gasteiger charge is -2.28. The normalized spacial score (nSPS) is 19.8. The van der Waals surface area contributed by atoms with Gasteiger partial charge in [-0.15, -0.1) is 0 Å². The van der Waals surface area contributed by atoms with Crippen LogP contribution in [0.5, 0.6) is 0 Å². The van der Waals surface area contributed by atoms with Crippen molar-refractivity contribution in [3.8, 4) is 6.07 Å². The van der Waals surface area contributed by atoms with Gasteiger partial charge in [-0.2, -0.15) is 5.26 Å². The zero-order valence-corrected chi connectivity index (χ0v) is 8.84. The third-order valence-corrected chi connectivity index (χ3v) is 2.80. The average Bonchev–Trinajstić information content (AvgIpc) is 2.17. The molecule has 0 amide bonds. The second-order valence-electron chi connectivity index (χ2n) is 4.65. The minimum absolute atomic E-state index is 0.141. The number of rotatable bonds is 3. The Morgan fingerprint density at radius 2 is 1.85 bits per heavy atom. The molecule has 0 spiro atoms. The van der Waals surface area contributed by atoms with Crippen molar-refractivity contribution in [3.63, 3.8) is 0 Å². The van der Waals surface area contributed by atoms with Gasteiger partial charge in [-0.3, -0.25) is 0 Å². The van der Waals surface area contributed by atoms with Crippen molar-refractivity contribution < 1.29 is 0 Å². The summed E-state index contributed by atoms with van der Waals surface area (Å²) >= 11 is 0.